The van der Waals surface area contributed by atoms with Gasteiger partial charge in [-0.05, 0) is 62.6 Å². The fourth-order valence-corrected chi connectivity index (χ4v) is 3.85. The number of fused-ring (bicyclic) bond motifs is 1. The van der Waals surface area contributed by atoms with Gasteiger partial charge in [0.1, 0.15) is 0 Å². The second kappa shape index (κ2) is 8.37. The van der Waals surface area contributed by atoms with Crippen molar-refractivity contribution in [3.63, 3.8) is 0 Å². The molecule has 7 heteroatoms. The molecular formula is C21H31ClN4O2. The average molecular weight is 407 g/mol. The number of nitrogens with one attached hydrogen (secondary N) is 2. The van der Waals surface area contributed by atoms with Gasteiger partial charge < -0.3 is 15.2 Å². The molecule has 1 unspecified atom stereocenters. The Balaban J connectivity index is 0.00000225. The third kappa shape index (κ3) is 4.84. The van der Waals surface area contributed by atoms with E-state index in [2.05, 4.69) is 41.5 Å². The van der Waals surface area contributed by atoms with Crippen LogP contribution in [0.1, 0.15) is 74.1 Å². The molecule has 28 heavy (non-hydrogen) atoms. The van der Waals surface area contributed by atoms with Crippen LogP contribution in [-0.2, 0) is 6.42 Å². The minimum absolute atomic E-state index is 0. The monoisotopic (exact) mass is 406 g/mol. The number of hydrogen-bond acceptors (Lipinski definition) is 5. The van der Waals surface area contributed by atoms with Crippen LogP contribution in [-0.4, -0.2) is 35.7 Å². The zero-order chi connectivity index (χ0) is 19.0. The standard InChI is InChI=1S/C21H30N4O2.ClH/c1-21(2,3)10-17-18-15(19(26)23-12-13-5-4-8-22-11-13)9-16(14-6-7-14)24-20(18)27-25-17;/h9,13-14,22H,4-8,10-12H2,1-3H3,(H,23,26);1H. The van der Waals surface area contributed by atoms with Crippen LogP contribution in [0.5, 0.6) is 0 Å². The van der Waals surface area contributed by atoms with Crippen molar-refractivity contribution >= 4 is 29.4 Å². The molecule has 2 aliphatic rings. The van der Waals surface area contributed by atoms with Crippen molar-refractivity contribution in [2.75, 3.05) is 19.6 Å². The lowest BCUT2D eigenvalue weighted by atomic mass is 9.89. The molecule has 1 saturated carbocycles. The van der Waals surface area contributed by atoms with E-state index in [4.69, 9.17) is 4.52 Å². The number of nitrogens with zero attached hydrogens (tertiary/aromatic N) is 2. The van der Waals surface area contributed by atoms with Crippen molar-refractivity contribution in [3.8, 4) is 0 Å². The summed E-state index contributed by atoms with van der Waals surface area (Å²) in [4.78, 5) is 17.7. The van der Waals surface area contributed by atoms with E-state index < -0.39 is 0 Å². The fraction of sp³-hybridized carbons (Fsp3) is 0.667. The summed E-state index contributed by atoms with van der Waals surface area (Å²) in [5.41, 5.74) is 3.03. The van der Waals surface area contributed by atoms with E-state index in [1.165, 1.54) is 6.42 Å². The summed E-state index contributed by atoms with van der Waals surface area (Å²) in [6, 6.07) is 1.97. The van der Waals surface area contributed by atoms with E-state index in [9.17, 15) is 4.79 Å². The van der Waals surface area contributed by atoms with Crippen molar-refractivity contribution in [1.29, 1.82) is 0 Å². The van der Waals surface area contributed by atoms with Gasteiger partial charge in [-0.15, -0.1) is 12.4 Å². The first-order valence-corrected chi connectivity index (χ1v) is 10.2. The molecule has 0 spiro atoms. The second-order valence-electron chi connectivity index (χ2n) is 9.34. The Hall–Kier alpha value is -1.66. The second-order valence-corrected chi connectivity index (χ2v) is 9.34. The van der Waals surface area contributed by atoms with Crippen LogP contribution in [0.15, 0.2) is 10.6 Å². The molecule has 4 rings (SSSR count). The minimum Gasteiger partial charge on any atom is -0.352 e. The minimum atomic E-state index is -0.0340. The lowest BCUT2D eigenvalue weighted by Gasteiger charge is -2.23. The van der Waals surface area contributed by atoms with Crippen molar-refractivity contribution < 1.29 is 9.32 Å². The Morgan fingerprint density at radius 2 is 2.11 bits per heavy atom. The first kappa shape index (κ1) is 21.1. The number of aromatic nitrogens is 2. The summed E-state index contributed by atoms with van der Waals surface area (Å²) < 4.78 is 5.55. The van der Waals surface area contributed by atoms with Gasteiger partial charge in [0.25, 0.3) is 11.6 Å². The molecule has 6 nitrogen and oxygen atoms in total. The molecule has 2 aromatic rings. The Morgan fingerprint density at radius 3 is 2.75 bits per heavy atom. The Kier molecular flexibility index (Phi) is 6.30. The molecule has 3 heterocycles. The molecule has 0 bridgehead atoms. The first-order valence-electron chi connectivity index (χ1n) is 10.2. The molecule has 2 aromatic heterocycles. The predicted molar refractivity (Wildman–Crippen MR) is 112 cm³/mol. The Morgan fingerprint density at radius 1 is 1.32 bits per heavy atom. The van der Waals surface area contributed by atoms with Gasteiger partial charge in [-0.3, -0.25) is 4.79 Å². The molecule has 154 valence electrons. The maximum absolute atomic E-state index is 13.1. The van der Waals surface area contributed by atoms with E-state index in [1.54, 1.807) is 0 Å². The molecule has 1 atom stereocenters. The molecule has 2 fully saturated rings. The van der Waals surface area contributed by atoms with Crippen molar-refractivity contribution in [1.82, 2.24) is 20.8 Å². The van der Waals surface area contributed by atoms with E-state index in [1.807, 2.05) is 6.07 Å². The molecular weight excluding hydrogens is 376 g/mol. The number of pyridine rings is 1. The topological polar surface area (TPSA) is 80.0 Å². The highest BCUT2D eigenvalue weighted by atomic mass is 35.5. The quantitative estimate of drug-likeness (QED) is 0.788. The maximum atomic E-state index is 13.1. The fourth-order valence-electron chi connectivity index (χ4n) is 3.85. The summed E-state index contributed by atoms with van der Waals surface area (Å²) in [6.45, 7) is 9.24. The molecule has 0 radical (unpaired) electrons. The van der Waals surface area contributed by atoms with E-state index in [0.717, 1.165) is 55.5 Å². The Bertz CT molecular complexity index is 833. The molecule has 1 saturated heterocycles. The average Bonchev–Trinajstić information content (AvgIpc) is 3.41. The van der Waals surface area contributed by atoms with Gasteiger partial charge in [-0.25, -0.2) is 4.98 Å². The number of carbonyl (C=O) groups excluding carboxylic acids is 1. The van der Waals surface area contributed by atoms with Gasteiger partial charge >= 0.3 is 0 Å². The highest BCUT2D eigenvalue weighted by Gasteiger charge is 2.30. The van der Waals surface area contributed by atoms with Gasteiger partial charge in [0.2, 0.25) is 0 Å². The van der Waals surface area contributed by atoms with Crippen LogP contribution in [0.2, 0.25) is 0 Å². The first-order chi connectivity index (χ1) is 12.9. The van der Waals surface area contributed by atoms with Crippen LogP contribution in [0, 0.1) is 11.3 Å². The summed E-state index contributed by atoms with van der Waals surface area (Å²) >= 11 is 0. The van der Waals surface area contributed by atoms with Crippen LogP contribution >= 0.6 is 12.4 Å². The zero-order valence-corrected chi connectivity index (χ0v) is 17.8. The van der Waals surface area contributed by atoms with Crippen LogP contribution < -0.4 is 10.6 Å². The third-order valence-corrected chi connectivity index (χ3v) is 5.43. The highest BCUT2D eigenvalue weighted by Crippen LogP contribution is 2.41. The number of piperidine rings is 1. The smallest absolute Gasteiger partial charge is 0.259 e. The summed E-state index contributed by atoms with van der Waals surface area (Å²) in [7, 11) is 0. The summed E-state index contributed by atoms with van der Waals surface area (Å²) in [5, 5.41) is 11.6. The number of hydrogen-bond donors (Lipinski definition) is 2. The van der Waals surface area contributed by atoms with Crippen molar-refractivity contribution in [2.45, 2.75) is 58.8 Å². The molecule has 1 aliphatic carbocycles. The van der Waals surface area contributed by atoms with E-state index in [0.29, 0.717) is 29.7 Å². The molecule has 2 N–H and O–H groups in total. The molecule has 1 aliphatic heterocycles. The van der Waals surface area contributed by atoms with Gasteiger partial charge in [0, 0.05) is 18.2 Å². The molecule has 0 aromatic carbocycles. The largest absolute Gasteiger partial charge is 0.352 e. The van der Waals surface area contributed by atoms with Crippen LogP contribution in [0.25, 0.3) is 11.1 Å². The lowest BCUT2D eigenvalue weighted by molar-refractivity contribution is 0.0946. The number of halogens is 1. The third-order valence-electron chi connectivity index (χ3n) is 5.43. The number of amides is 1. The molecule has 1 amide bonds. The van der Waals surface area contributed by atoms with E-state index in [-0.39, 0.29) is 23.7 Å². The van der Waals surface area contributed by atoms with Crippen molar-refractivity contribution in [2.24, 2.45) is 11.3 Å². The predicted octanol–water partition coefficient (Wildman–Crippen LogP) is 3.84. The normalized spacial score (nSPS) is 20.0. The van der Waals surface area contributed by atoms with Gasteiger partial charge in [-0.2, -0.15) is 0 Å². The van der Waals surface area contributed by atoms with Gasteiger partial charge in [0.05, 0.1) is 16.6 Å². The van der Waals surface area contributed by atoms with Gasteiger partial charge in [0.15, 0.2) is 0 Å². The SMILES string of the molecule is CC(C)(C)Cc1noc2nc(C3CC3)cc(C(=O)NCC3CCCNC3)c12.Cl. The maximum Gasteiger partial charge on any atom is 0.259 e. The van der Waals surface area contributed by atoms with Crippen LogP contribution in [0.3, 0.4) is 0 Å². The van der Waals surface area contributed by atoms with Crippen molar-refractivity contribution in [3.05, 3.63) is 23.0 Å². The highest BCUT2D eigenvalue weighted by molar-refractivity contribution is 6.06. The summed E-state index contributed by atoms with van der Waals surface area (Å²) in [6.07, 6.45) is 5.35. The van der Waals surface area contributed by atoms with Gasteiger partial charge in [-0.1, -0.05) is 25.9 Å². The lowest BCUT2D eigenvalue weighted by Crippen LogP contribution is -2.38. The number of carbonyl (C=O) groups is 1. The zero-order valence-electron chi connectivity index (χ0n) is 17.0. The van der Waals surface area contributed by atoms with E-state index >= 15 is 0 Å². The summed E-state index contributed by atoms with van der Waals surface area (Å²) in [5.74, 6) is 0.923. The Labute approximate surface area is 172 Å². The van der Waals surface area contributed by atoms with Crippen LogP contribution in [0.4, 0.5) is 0 Å². The number of rotatable bonds is 5.